The van der Waals surface area contributed by atoms with Crippen LogP contribution in [0.15, 0.2) is 78.9 Å². The largest absolute Gasteiger partial charge is 0.491 e. The molecule has 1 saturated heterocycles. The van der Waals surface area contributed by atoms with Crippen molar-refractivity contribution in [2.45, 2.75) is 50.9 Å². The number of nitrogens with one attached hydrogen (secondary N) is 2. The number of aliphatic hydroxyl groups excluding tert-OH is 1. The number of thioether (sulfide) groups is 1. The Balaban J connectivity index is 1.30. The Bertz CT molecular complexity index is 1380. The molecule has 0 spiro atoms. The zero-order valence-electron chi connectivity index (χ0n) is 24.4. The van der Waals surface area contributed by atoms with Crippen LogP contribution in [0.1, 0.15) is 31.9 Å². The number of benzene rings is 3. The molecular weight excluding hydrogens is 570 g/mol. The number of amides is 3. The lowest BCUT2D eigenvalue weighted by Crippen LogP contribution is -2.43. The summed E-state index contributed by atoms with van der Waals surface area (Å²) in [6.45, 7) is 6.08. The molecule has 4 rings (SSSR count). The van der Waals surface area contributed by atoms with Gasteiger partial charge in [-0.05, 0) is 74.3 Å². The minimum atomic E-state index is -0.967. The summed E-state index contributed by atoms with van der Waals surface area (Å²) < 4.78 is 17.3. The number of carbonyl (C=O) groups is 3. The summed E-state index contributed by atoms with van der Waals surface area (Å²) in [6, 6.07) is 24.4. The Labute approximate surface area is 255 Å². The van der Waals surface area contributed by atoms with E-state index in [0.29, 0.717) is 36.8 Å². The summed E-state index contributed by atoms with van der Waals surface area (Å²) >= 11 is 0.895. The van der Waals surface area contributed by atoms with Crippen LogP contribution in [0, 0.1) is 0 Å². The van der Waals surface area contributed by atoms with E-state index in [1.165, 1.54) is 4.90 Å². The molecule has 228 valence electrons. The second-order valence-electron chi connectivity index (χ2n) is 11.0. The number of hydrogen-bond donors (Lipinski definition) is 3. The number of nitrogens with zero attached hydrogens (tertiary/aromatic N) is 1. The molecule has 2 atom stereocenters. The smallest absolute Gasteiger partial charge is 0.410 e. The minimum Gasteiger partial charge on any atom is -0.491 e. The van der Waals surface area contributed by atoms with Gasteiger partial charge in [0.25, 0.3) is 11.1 Å². The van der Waals surface area contributed by atoms with Crippen molar-refractivity contribution >= 4 is 34.7 Å². The SMILES string of the molecule is CC(C)(C)OC(=O)N(CCc1ccc(NC2SC(=O)NC2=O)cc1)C[C@H](O)COc1cccc(OCc2ccccc2)c1. The number of carbonyl (C=O) groups excluding carboxylic acids is 3. The lowest BCUT2D eigenvalue weighted by atomic mass is 10.1. The lowest BCUT2D eigenvalue weighted by Gasteiger charge is -2.29. The molecule has 0 saturated carbocycles. The first-order chi connectivity index (χ1) is 20.5. The van der Waals surface area contributed by atoms with Gasteiger partial charge in [-0.2, -0.15) is 0 Å². The fourth-order valence-corrected chi connectivity index (χ4v) is 4.85. The van der Waals surface area contributed by atoms with Crippen LogP contribution in [-0.2, 0) is 22.6 Å². The van der Waals surface area contributed by atoms with E-state index in [9.17, 15) is 19.5 Å². The van der Waals surface area contributed by atoms with Gasteiger partial charge in [-0.15, -0.1) is 0 Å². The maximum absolute atomic E-state index is 13.0. The van der Waals surface area contributed by atoms with E-state index in [0.717, 1.165) is 22.9 Å². The quantitative estimate of drug-likeness (QED) is 0.240. The summed E-state index contributed by atoms with van der Waals surface area (Å²) in [7, 11) is 0. The molecule has 11 heteroatoms. The van der Waals surface area contributed by atoms with E-state index in [2.05, 4.69) is 10.6 Å². The van der Waals surface area contributed by atoms with Gasteiger partial charge in [-0.3, -0.25) is 14.9 Å². The van der Waals surface area contributed by atoms with Crippen LogP contribution in [0.2, 0.25) is 0 Å². The summed E-state index contributed by atoms with van der Waals surface area (Å²) in [4.78, 5) is 37.6. The summed E-state index contributed by atoms with van der Waals surface area (Å²) in [5.41, 5.74) is 1.99. The third-order valence-electron chi connectivity index (χ3n) is 6.19. The third kappa shape index (κ3) is 10.5. The minimum absolute atomic E-state index is 0.0147. The molecule has 3 N–H and O–H groups in total. The van der Waals surface area contributed by atoms with Gasteiger partial charge in [-0.25, -0.2) is 4.79 Å². The predicted molar refractivity (Wildman–Crippen MR) is 165 cm³/mol. The molecule has 43 heavy (non-hydrogen) atoms. The number of imide groups is 1. The first-order valence-corrected chi connectivity index (χ1v) is 14.8. The number of hydrogen-bond acceptors (Lipinski definition) is 9. The van der Waals surface area contributed by atoms with Gasteiger partial charge in [0.05, 0.1) is 6.54 Å². The summed E-state index contributed by atoms with van der Waals surface area (Å²) in [6.07, 6.45) is -0.994. The van der Waals surface area contributed by atoms with Crippen molar-refractivity contribution in [3.8, 4) is 11.5 Å². The second-order valence-corrected chi connectivity index (χ2v) is 12.1. The summed E-state index contributed by atoms with van der Waals surface area (Å²) in [5, 5.41) is 15.0. The molecule has 0 aromatic heterocycles. The van der Waals surface area contributed by atoms with Crippen molar-refractivity contribution in [3.63, 3.8) is 0 Å². The molecule has 1 fully saturated rings. The van der Waals surface area contributed by atoms with Crippen LogP contribution in [-0.4, -0.2) is 64.0 Å². The van der Waals surface area contributed by atoms with E-state index in [1.54, 1.807) is 32.9 Å². The number of aliphatic hydroxyl groups is 1. The molecular formula is C32H37N3O7S. The average molecular weight is 608 g/mol. The second kappa shape index (κ2) is 14.8. The highest BCUT2D eigenvalue weighted by atomic mass is 32.2. The van der Waals surface area contributed by atoms with E-state index in [-0.39, 0.29) is 24.3 Å². The van der Waals surface area contributed by atoms with Gasteiger partial charge in [0.2, 0.25) is 0 Å². The monoisotopic (exact) mass is 607 g/mol. The standard InChI is InChI=1S/C32H37N3O7S/c1-32(2,3)42-31(39)35(17-16-22-12-14-24(15-13-22)33-29-28(37)34-30(38)43-29)19-25(36)21-41-27-11-7-10-26(18-27)40-20-23-8-5-4-6-9-23/h4-15,18,25,29,33,36H,16-17,19-21H2,1-3H3,(H,34,37,38)/t25-,29?/m0/s1. The Hall–Kier alpha value is -4.22. The average Bonchev–Trinajstić information content (AvgIpc) is 3.29. The number of rotatable bonds is 13. The van der Waals surface area contributed by atoms with Crippen molar-refractivity contribution in [1.82, 2.24) is 10.2 Å². The van der Waals surface area contributed by atoms with Crippen molar-refractivity contribution in [2.24, 2.45) is 0 Å². The Kier molecular flexibility index (Phi) is 10.9. The molecule has 10 nitrogen and oxygen atoms in total. The highest BCUT2D eigenvalue weighted by molar-refractivity contribution is 8.15. The van der Waals surface area contributed by atoms with E-state index in [1.807, 2.05) is 66.7 Å². The Morgan fingerprint density at radius 1 is 0.977 bits per heavy atom. The third-order valence-corrected chi connectivity index (χ3v) is 7.07. The van der Waals surface area contributed by atoms with Crippen molar-refractivity contribution in [2.75, 3.05) is 25.0 Å². The van der Waals surface area contributed by atoms with Crippen LogP contribution < -0.4 is 20.1 Å². The van der Waals surface area contributed by atoms with Crippen LogP contribution >= 0.6 is 11.8 Å². The fourth-order valence-electron chi connectivity index (χ4n) is 4.11. The molecule has 1 unspecified atom stereocenters. The maximum atomic E-state index is 13.0. The fraction of sp³-hybridized carbons (Fsp3) is 0.344. The van der Waals surface area contributed by atoms with Gasteiger partial charge in [0.1, 0.15) is 36.4 Å². The van der Waals surface area contributed by atoms with Gasteiger partial charge in [-0.1, -0.05) is 48.5 Å². The molecule has 1 aliphatic heterocycles. The van der Waals surface area contributed by atoms with Crippen LogP contribution in [0.5, 0.6) is 11.5 Å². The van der Waals surface area contributed by atoms with Gasteiger partial charge >= 0.3 is 6.09 Å². The molecule has 1 aliphatic rings. The Morgan fingerprint density at radius 3 is 2.33 bits per heavy atom. The lowest BCUT2D eigenvalue weighted by molar-refractivity contribution is -0.118. The highest BCUT2D eigenvalue weighted by Crippen LogP contribution is 2.23. The van der Waals surface area contributed by atoms with Crippen molar-refractivity contribution < 1.29 is 33.7 Å². The Morgan fingerprint density at radius 2 is 1.67 bits per heavy atom. The number of anilines is 1. The van der Waals surface area contributed by atoms with Crippen molar-refractivity contribution in [3.05, 3.63) is 90.0 Å². The predicted octanol–water partition coefficient (Wildman–Crippen LogP) is 5.21. The zero-order valence-corrected chi connectivity index (χ0v) is 25.3. The van der Waals surface area contributed by atoms with Gasteiger partial charge in [0.15, 0.2) is 5.37 Å². The van der Waals surface area contributed by atoms with Crippen LogP contribution in [0.25, 0.3) is 0 Å². The topological polar surface area (TPSA) is 126 Å². The van der Waals surface area contributed by atoms with Crippen molar-refractivity contribution in [1.29, 1.82) is 0 Å². The van der Waals surface area contributed by atoms with Crippen LogP contribution in [0.3, 0.4) is 0 Å². The van der Waals surface area contributed by atoms with Gasteiger partial charge < -0.3 is 29.5 Å². The molecule has 0 aliphatic carbocycles. The molecule has 0 bridgehead atoms. The van der Waals surface area contributed by atoms with Gasteiger partial charge in [0, 0.05) is 18.3 Å². The number of ether oxygens (including phenoxy) is 3. The molecule has 0 radical (unpaired) electrons. The first kappa shape index (κ1) is 31.7. The molecule has 3 amide bonds. The summed E-state index contributed by atoms with van der Waals surface area (Å²) in [5.74, 6) is 0.810. The maximum Gasteiger partial charge on any atom is 0.410 e. The zero-order chi connectivity index (χ0) is 30.8. The molecule has 1 heterocycles. The molecule has 3 aromatic carbocycles. The van der Waals surface area contributed by atoms with E-state index >= 15 is 0 Å². The molecule has 3 aromatic rings. The van der Waals surface area contributed by atoms with E-state index < -0.39 is 23.2 Å². The van der Waals surface area contributed by atoms with E-state index in [4.69, 9.17) is 14.2 Å². The highest BCUT2D eigenvalue weighted by Gasteiger charge is 2.31. The normalized spacial score (nSPS) is 15.4. The first-order valence-electron chi connectivity index (χ1n) is 14.0. The van der Waals surface area contributed by atoms with Crippen LogP contribution in [0.4, 0.5) is 15.3 Å².